The third-order valence-electron chi connectivity index (χ3n) is 4.74. The molecule has 154 valence electrons. The average molecular weight is 433 g/mol. The molecule has 29 heavy (non-hydrogen) atoms. The van der Waals surface area contributed by atoms with Gasteiger partial charge in [-0.15, -0.1) is 0 Å². The largest absolute Gasteiger partial charge is 0.464 e. The molecule has 0 N–H and O–H groups in total. The number of rotatable bonds is 8. The van der Waals surface area contributed by atoms with Crippen molar-refractivity contribution in [3.63, 3.8) is 0 Å². The van der Waals surface area contributed by atoms with E-state index in [1.165, 1.54) is 4.90 Å². The van der Waals surface area contributed by atoms with E-state index in [2.05, 4.69) is 6.92 Å². The molecule has 1 aromatic carbocycles. The van der Waals surface area contributed by atoms with E-state index in [9.17, 15) is 14.4 Å². The highest BCUT2D eigenvalue weighted by Crippen LogP contribution is 2.44. The summed E-state index contributed by atoms with van der Waals surface area (Å²) in [6.45, 7) is 4.68. The minimum Gasteiger partial charge on any atom is -0.464 e. The fraction of sp³-hybridized carbons (Fsp3) is 0.429. The van der Waals surface area contributed by atoms with Gasteiger partial charge in [-0.1, -0.05) is 68.9 Å². The van der Waals surface area contributed by atoms with Gasteiger partial charge in [0.25, 0.3) is 11.8 Å². The highest BCUT2D eigenvalue weighted by molar-refractivity contribution is 8.26. The second-order valence-electron chi connectivity index (χ2n) is 6.86. The van der Waals surface area contributed by atoms with Crippen LogP contribution < -0.4 is 4.90 Å². The Labute approximate surface area is 180 Å². The summed E-state index contributed by atoms with van der Waals surface area (Å²) in [5.41, 5.74) is 1.93. The molecule has 0 aromatic heterocycles. The number of anilines is 1. The number of carbonyl (C=O) groups excluding carboxylic acids is 3. The summed E-state index contributed by atoms with van der Waals surface area (Å²) in [5, 5.41) is 0. The molecule has 1 saturated heterocycles. The lowest BCUT2D eigenvalue weighted by atomic mass is 10.1. The number of thiocarbonyl (C=S) groups is 1. The van der Waals surface area contributed by atoms with E-state index >= 15 is 0 Å². The molecular weight excluding hydrogens is 408 g/mol. The van der Waals surface area contributed by atoms with Gasteiger partial charge in [-0.25, -0.2) is 0 Å². The number of ether oxygens (including phenoxy) is 1. The molecule has 0 bridgehead atoms. The molecule has 0 saturated carbocycles. The van der Waals surface area contributed by atoms with Crippen LogP contribution in [0.3, 0.4) is 0 Å². The van der Waals surface area contributed by atoms with Crippen LogP contribution in [0.4, 0.5) is 5.69 Å². The maximum atomic E-state index is 13.2. The number of fused-ring (bicyclic) bond motifs is 1. The van der Waals surface area contributed by atoms with Crippen molar-refractivity contribution in [3.8, 4) is 0 Å². The molecule has 2 heterocycles. The molecule has 1 fully saturated rings. The van der Waals surface area contributed by atoms with Crippen LogP contribution in [0, 0.1) is 0 Å². The van der Waals surface area contributed by atoms with Crippen molar-refractivity contribution >= 4 is 57.3 Å². The van der Waals surface area contributed by atoms with Crippen molar-refractivity contribution in [1.29, 1.82) is 0 Å². The molecule has 8 heteroatoms. The number of hydrogen-bond acceptors (Lipinski definition) is 6. The van der Waals surface area contributed by atoms with Crippen LogP contribution in [0.5, 0.6) is 0 Å². The van der Waals surface area contributed by atoms with Gasteiger partial charge in [0.1, 0.15) is 10.9 Å². The van der Waals surface area contributed by atoms with Crippen molar-refractivity contribution in [1.82, 2.24) is 4.90 Å². The standard InChI is InChI=1S/C21H24N2O4S2/c1-3-5-8-11-22-15-10-7-6-9-14(15)17(19(22)25)18-20(26)23(21(28)29-18)13-16(24)27-12-4-2/h6-7,9-10H,3-5,8,11-13H2,1-2H3/b18-17-. The number of esters is 1. The van der Waals surface area contributed by atoms with Gasteiger partial charge in [0.05, 0.1) is 22.8 Å². The molecule has 2 amide bonds. The van der Waals surface area contributed by atoms with E-state index in [0.29, 0.717) is 25.1 Å². The second-order valence-corrected chi connectivity index (χ2v) is 8.51. The molecule has 0 spiro atoms. The summed E-state index contributed by atoms with van der Waals surface area (Å²) in [6, 6.07) is 7.49. The Morgan fingerprint density at radius 3 is 2.55 bits per heavy atom. The van der Waals surface area contributed by atoms with E-state index < -0.39 is 11.9 Å². The number of unbranched alkanes of at least 4 members (excludes halogenated alkanes) is 2. The van der Waals surface area contributed by atoms with Gasteiger partial charge < -0.3 is 9.64 Å². The van der Waals surface area contributed by atoms with Crippen molar-refractivity contribution < 1.29 is 19.1 Å². The number of nitrogens with zero attached hydrogens (tertiary/aromatic N) is 2. The Morgan fingerprint density at radius 1 is 1.07 bits per heavy atom. The van der Waals surface area contributed by atoms with Crippen molar-refractivity contribution in [2.75, 3.05) is 24.6 Å². The molecule has 0 unspecified atom stereocenters. The van der Waals surface area contributed by atoms with Crippen molar-refractivity contribution in [3.05, 3.63) is 34.7 Å². The van der Waals surface area contributed by atoms with Crippen molar-refractivity contribution in [2.45, 2.75) is 39.5 Å². The summed E-state index contributed by atoms with van der Waals surface area (Å²) in [5.74, 6) is -1.10. The third kappa shape index (κ3) is 4.38. The second kappa shape index (κ2) is 9.54. The molecule has 2 aliphatic heterocycles. The zero-order chi connectivity index (χ0) is 21.0. The number of amides is 2. The maximum Gasteiger partial charge on any atom is 0.326 e. The topological polar surface area (TPSA) is 66.9 Å². The molecule has 0 radical (unpaired) electrons. The van der Waals surface area contributed by atoms with Crippen LogP contribution in [-0.2, 0) is 19.1 Å². The first-order valence-corrected chi connectivity index (χ1v) is 11.1. The number of benzene rings is 1. The van der Waals surface area contributed by atoms with Gasteiger partial charge in [0.2, 0.25) is 0 Å². The van der Waals surface area contributed by atoms with Gasteiger partial charge in [-0.2, -0.15) is 0 Å². The van der Waals surface area contributed by atoms with E-state index in [-0.39, 0.29) is 21.7 Å². The first-order valence-electron chi connectivity index (χ1n) is 9.84. The van der Waals surface area contributed by atoms with Crippen LogP contribution >= 0.6 is 24.0 Å². The van der Waals surface area contributed by atoms with Crippen molar-refractivity contribution in [2.24, 2.45) is 0 Å². The molecule has 3 rings (SSSR count). The fourth-order valence-electron chi connectivity index (χ4n) is 3.32. The lowest BCUT2D eigenvalue weighted by Gasteiger charge is -2.16. The summed E-state index contributed by atoms with van der Waals surface area (Å²) in [7, 11) is 0. The number of para-hydroxylation sites is 1. The predicted molar refractivity (Wildman–Crippen MR) is 118 cm³/mol. The van der Waals surface area contributed by atoms with Gasteiger partial charge in [0.15, 0.2) is 0 Å². The van der Waals surface area contributed by atoms with Crippen LogP contribution in [0.2, 0.25) is 0 Å². The lowest BCUT2D eigenvalue weighted by molar-refractivity contribution is -0.146. The summed E-state index contributed by atoms with van der Waals surface area (Å²) < 4.78 is 5.33. The molecule has 0 atom stereocenters. The zero-order valence-electron chi connectivity index (χ0n) is 16.6. The molecule has 2 aliphatic rings. The molecule has 6 nitrogen and oxygen atoms in total. The minimum absolute atomic E-state index is 0.184. The summed E-state index contributed by atoms with van der Waals surface area (Å²) in [6.07, 6.45) is 3.69. The summed E-state index contributed by atoms with van der Waals surface area (Å²) >= 11 is 6.39. The Hall–Kier alpha value is -2.19. The van der Waals surface area contributed by atoms with Crippen LogP contribution in [-0.4, -0.2) is 46.7 Å². The number of carbonyl (C=O) groups is 3. The minimum atomic E-state index is -0.506. The van der Waals surface area contributed by atoms with E-state index in [1.807, 2.05) is 31.2 Å². The Kier molecular flexibility index (Phi) is 7.08. The normalized spacial score (nSPS) is 18.6. The molecule has 1 aromatic rings. The number of hydrogen-bond donors (Lipinski definition) is 0. The van der Waals surface area contributed by atoms with Crippen LogP contribution in [0.25, 0.3) is 5.57 Å². The highest BCUT2D eigenvalue weighted by Gasteiger charge is 2.42. The van der Waals surface area contributed by atoms with E-state index in [0.717, 1.165) is 42.3 Å². The van der Waals surface area contributed by atoms with E-state index in [4.69, 9.17) is 17.0 Å². The van der Waals surface area contributed by atoms with E-state index in [1.54, 1.807) is 4.90 Å². The molecular formula is C21H24N2O4S2. The highest BCUT2D eigenvalue weighted by atomic mass is 32.2. The Bertz CT molecular complexity index is 881. The first-order chi connectivity index (χ1) is 14.0. The predicted octanol–water partition coefficient (Wildman–Crippen LogP) is 3.75. The first kappa shape index (κ1) is 21.5. The fourth-order valence-corrected chi connectivity index (χ4v) is 4.64. The van der Waals surface area contributed by atoms with Gasteiger partial charge in [0, 0.05) is 12.1 Å². The zero-order valence-corrected chi connectivity index (χ0v) is 18.2. The monoisotopic (exact) mass is 432 g/mol. The van der Waals surface area contributed by atoms with Gasteiger partial charge in [-0.05, 0) is 18.9 Å². The lowest BCUT2D eigenvalue weighted by Crippen LogP contribution is -2.35. The quantitative estimate of drug-likeness (QED) is 0.270. The average Bonchev–Trinajstić information content (AvgIpc) is 3.14. The SMILES string of the molecule is CCCCCN1C(=O)/C(=C2\SC(=S)N(CC(=O)OCCC)C2=O)c2ccccc21. The smallest absolute Gasteiger partial charge is 0.326 e. The summed E-state index contributed by atoms with van der Waals surface area (Å²) in [4.78, 5) is 41.4. The van der Waals surface area contributed by atoms with Crippen LogP contribution in [0.15, 0.2) is 29.2 Å². The Morgan fingerprint density at radius 2 is 1.83 bits per heavy atom. The molecule has 0 aliphatic carbocycles. The van der Waals surface area contributed by atoms with Gasteiger partial charge >= 0.3 is 5.97 Å². The number of thioether (sulfide) groups is 1. The van der Waals surface area contributed by atoms with Gasteiger partial charge in [-0.3, -0.25) is 19.3 Å². The third-order valence-corrected chi connectivity index (χ3v) is 6.19. The maximum absolute atomic E-state index is 13.2. The Balaban J connectivity index is 1.90. The van der Waals surface area contributed by atoms with Crippen LogP contribution in [0.1, 0.15) is 45.1 Å².